The molecular weight excluding hydrogens is 657 g/mol. The number of rotatable bonds is 43. The number of aliphatic hydroxyl groups is 1. The molecule has 0 saturated carbocycles. The maximum atomic E-state index is 12.2. The lowest BCUT2D eigenvalue weighted by molar-refractivity contribution is -0.161. The number of carbonyl (C=O) groups excluding carboxylic acids is 2. The molecule has 0 aromatic rings. The van der Waals surface area contributed by atoms with Gasteiger partial charge in [-0.3, -0.25) is 9.59 Å². The van der Waals surface area contributed by atoms with Crippen LogP contribution in [0.25, 0.3) is 0 Å². The van der Waals surface area contributed by atoms with Crippen LogP contribution in [0.5, 0.6) is 0 Å². The average Bonchev–Trinajstić information content (AvgIpc) is 3.15. The molecule has 0 aromatic heterocycles. The first-order chi connectivity index (χ1) is 25.9. The molecule has 2 atom stereocenters. The van der Waals surface area contributed by atoms with Crippen LogP contribution in [-0.4, -0.2) is 36.4 Å². The molecule has 0 aromatic carbocycles. The Morgan fingerprint density at radius 3 is 1.06 bits per heavy atom. The van der Waals surface area contributed by atoms with E-state index < -0.39 is 6.10 Å². The van der Waals surface area contributed by atoms with Gasteiger partial charge in [0.25, 0.3) is 0 Å². The fourth-order valence-electron chi connectivity index (χ4n) is 7.36. The summed E-state index contributed by atoms with van der Waals surface area (Å²) in [5.74, 6) is 1.19. The maximum absolute atomic E-state index is 12.2. The Kier molecular flexibility index (Phi) is 41.2. The summed E-state index contributed by atoms with van der Waals surface area (Å²) in [6, 6.07) is 0. The van der Waals surface area contributed by atoms with Gasteiger partial charge >= 0.3 is 11.9 Å². The number of aliphatic hydroxyl groups excluding tert-OH is 1. The molecular formula is C48H94O5. The zero-order valence-electron chi connectivity index (χ0n) is 36.4. The molecule has 316 valence electrons. The van der Waals surface area contributed by atoms with Crippen molar-refractivity contribution in [2.24, 2.45) is 11.8 Å². The molecule has 5 nitrogen and oxygen atoms in total. The lowest BCUT2D eigenvalue weighted by atomic mass is 9.99. The first kappa shape index (κ1) is 51.9. The Hall–Kier alpha value is -1.10. The van der Waals surface area contributed by atoms with E-state index in [0.717, 1.165) is 43.9 Å². The molecule has 1 N–H and O–H groups in total. The van der Waals surface area contributed by atoms with Gasteiger partial charge in [-0.05, 0) is 24.7 Å². The summed E-state index contributed by atoms with van der Waals surface area (Å²) in [6.07, 6.45) is 46.0. The molecule has 0 fully saturated rings. The van der Waals surface area contributed by atoms with Gasteiger partial charge in [0, 0.05) is 12.8 Å². The number of hydrogen-bond acceptors (Lipinski definition) is 5. The molecule has 1 unspecified atom stereocenters. The minimum atomic E-state index is -0.764. The smallest absolute Gasteiger partial charge is 0.306 e. The third-order valence-electron chi connectivity index (χ3n) is 11.4. The van der Waals surface area contributed by atoms with Crippen LogP contribution in [0.15, 0.2) is 0 Å². The Morgan fingerprint density at radius 2 is 0.736 bits per heavy atom. The molecule has 0 aliphatic rings. The van der Waals surface area contributed by atoms with Gasteiger partial charge in [0.15, 0.2) is 6.10 Å². The van der Waals surface area contributed by atoms with Crippen LogP contribution in [0.4, 0.5) is 0 Å². The van der Waals surface area contributed by atoms with Crippen molar-refractivity contribution in [1.29, 1.82) is 0 Å². The second-order valence-electron chi connectivity index (χ2n) is 17.3. The second-order valence-corrected chi connectivity index (χ2v) is 17.3. The van der Waals surface area contributed by atoms with E-state index in [0.29, 0.717) is 12.8 Å². The van der Waals surface area contributed by atoms with Gasteiger partial charge in [-0.2, -0.15) is 0 Å². The van der Waals surface area contributed by atoms with Crippen molar-refractivity contribution in [3.8, 4) is 0 Å². The van der Waals surface area contributed by atoms with Gasteiger partial charge in [-0.15, -0.1) is 0 Å². The van der Waals surface area contributed by atoms with Gasteiger partial charge in [-0.1, -0.05) is 240 Å². The molecule has 0 aliphatic heterocycles. The highest BCUT2D eigenvalue weighted by molar-refractivity contribution is 5.70. The first-order valence-corrected chi connectivity index (χ1v) is 23.8. The van der Waals surface area contributed by atoms with E-state index in [1.165, 1.54) is 193 Å². The Bertz CT molecular complexity index is 752. The molecule has 0 bridgehead atoms. The summed E-state index contributed by atoms with van der Waals surface area (Å²) in [6.45, 7) is 8.95. The van der Waals surface area contributed by atoms with E-state index >= 15 is 0 Å². The number of unbranched alkanes of at least 4 members (excludes halogenated alkanes) is 30. The number of carbonyl (C=O) groups is 2. The van der Waals surface area contributed by atoms with Crippen LogP contribution in [0.3, 0.4) is 0 Å². The van der Waals surface area contributed by atoms with Crippen molar-refractivity contribution in [3.05, 3.63) is 0 Å². The van der Waals surface area contributed by atoms with E-state index in [1.54, 1.807) is 0 Å². The van der Waals surface area contributed by atoms with Gasteiger partial charge < -0.3 is 14.6 Å². The highest BCUT2D eigenvalue weighted by atomic mass is 16.6. The van der Waals surface area contributed by atoms with Crippen molar-refractivity contribution >= 4 is 11.9 Å². The highest BCUT2D eigenvalue weighted by Crippen LogP contribution is 2.18. The molecule has 53 heavy (non-hydrogen) atoms. The standard InChI is InChI=1S/C48H94O5/c1-5-45(4)39-35-31-27-23-19-15-12-13-17-21-25-29-33-37-41-48(51)53-46(42-49)43-52-47(50)40-36-32-28-24-20-16-11-9-7-6-8-10-14-18-22-26-30-34-38-44(2)3/h44-46,49H,5-43H2,1-4H3/t45?,46-/m0/s1. The zero-order valence-corrected chi connectivity index (χ0v) is 36.4. The van der Waals surface area contributed by atoms with Crippen LogP contribution in [0.1, 0.15) is 265 Å². The third-order valence-corrected chi connectivity index (χ3v) is 11.4. The topological polar surface area (TPSA) is 72.8 Å². The van der Waals surface area contributed by atoms with E-state index in [2.05, 4.69) is 27.7 Å². The summed E-state index contributed by atoms with van der Waals surface area (Å²) < 4.78 is 10.7. The highest BCUT2D eigenvalue weighted by Gasteiger charge is 2.16. The minimum Gasteiger partial charge on any atom is -0.462 e. The van der Waals surface area contributed by atoms with E-state index in [1.807, 2.05) is 0 Å². The lowest BCUT2D eigenvalue weighted by Gasteiger charge is -2.15. The van der Waals surface area contributed by atoms with E-state index in [4.69, 9.17) is 9.47 Å². The van der Waals surface area contributed by atoms with Gasteiger partial charge in [0.05, 0.1) is 6.61 Å². The van der Waals surface area contributed by atoms with Crippen molar-refractivity contribution < 1.29 is 24.2 Å². The van der Waals surface area contributed by atoms with Crippen LogP contribution in [0, 0.1) is 11.8 Å². The van der Waals surface area contributed by atoms with Gasteiger partial charge in [-0.25, -0.2) is 0 Å². The zero-order chi connectivity index (χ0) is 38.9. The maximum Gasteiger partial charge on any atom is 0.306 e. The number of esters is 2. The summed E-state index contributed by atoms with van der Waals surface area (Å²) in [7, 11) is 0. The van der Waals surface area contributed by atoms with Gasteiger partial charge in [0.2, 0.25) is 0 Å². The Labute approximate surface area is 331 Å². The molecule has 0 heterocycles. The van der Waals surface area contributed by atoms with Crippen LogP contribution in [0.2, 0.25) is 0 Å². The molecule has 0 radical (unpaired) electrons. The normalized spacial score (nSPS) is 12.7. The van der Waals surface area contributed by atoms with Crippen LogP contribution >= 0.6 is 0 Å². The predicted octanol–water partition coefficient (Wildman–Crippen LogP) is 15.2. The third kappa shape index (κ3) is 41.9. The van der Waals surface area contributed by atoms with Crippen molar-refractivity contribution in [2.45, 2.75) is 271 Å². The minimum absolute atomic E-state index is 0.0574. The van der Waals surface area contributed by atoms with E-state index in [9.17, 15) is 14.7 Å². The Balaban J connectivity index is 3.45. The van der Waals surface area contributed by atoms with Crippen LogP contribution in [-0.2, 0) is 19.1 Å². The molecule has 0 spiro atoms. The fraction of sp³-hybridized carbons (Fsp3) is 0.958. The monoisotopic (exact) mass is 751 g/mol. The lowest BCUT2D eigenvalue weighted by Crippen LogP contribution is -2.28. The first-order valence-electron chi connectivity index (χ1n) is 23.8. The van der Waals surface area contributed by atoms with Gasteiger partial charge in [0.1, 0.15) is 6.61 Å². The molecule has 5 heteroatoms. The average molecular weight is 751 g/mol. The molecule has 0 amide bonds. The Morgan fingerprint density at radius 1 is 0.434 bits per heavy atom. The second kappa shape index (κ2) is 42.1. The van der Waals surface area contributed by atoms with Crippen LogP contribution < -0.4 is 0 Å². The summed E-state index contributed by atoms with van der Waals surface area (Å²) in [5, 5.41) is 9.60. The largest absolute Gasteiger partial charge is 0.462 e. The van der Waals surface area contributed by atoms with E-state index in [-0.39, 0.29) is 25.2 Å². The van der Waals surface area contributed by atoms with Crippen molar-refractivity contribution in [3.63, 3.8) is 0 Å². The molecule has 0 aliphatic carbocycles. The molecule has 0 saturated heterocycles. The van der Waals surface area contributed by atoms with Crippen molar-refractivity contribution in [2.75, 3.05) is 13.2 Å². The number of ether oxygens (including phenoxy) is 2. The predicted molar refractivity (Wildman–Crippen MR) is 228 cm³/mol. The quantitative estimate of drug-likeness (QED) is 0.0496. The fourth-order valence-corrected chi connectivity index (χ4v) is 7.36. The van der Waals surface area contributed by atoms with Crippen molar-refractivity contribution in [1.82, 2.24) is 0 Å². The number of hydrogen-bond donors (Lipinski definition) is 1. The molecule has 0 rings (SSSR count). The SMILES string of the molecule is CCC(C)CCCCCCCCCCCCCCCCC(=O)O[C@@H](CO)COC(=O)CCCCCCCCCCCCCCCCCCCCC(C)C. The summed E-state index contributed by atoms with van der Waals surface area (Å²) in [5.41, 5.74) is 0. The summed E-state index contributed by atoms with van der Waals surface area (Å²) in [4.78, 5) is 24.4. The summed E-state index contributed by atoms with van der Waals surface area (Å²) >= 11 is 0.